The van der Waals surface area contributed by atoms with Crippen molar-refractivity contribution in [2.24, 2.45) is 5.41 Å². The van der Waals surface area contributed by atoms with Gasteiger partial charge in [-0.2, -0.15) is 4.98 Å². The molecule has 2 rings (SSSR count). The summed E-state index contributed by atoms with van der Waals surface area (Å²) in [7, 11) is 0. The van der Waals surface area contributed by atoms with Gasteiger partial charge in [0.05, 0.1) is 6.10 Å². The highest BCUT2D eigenvalue weighted by molar-refractivity contribution is 5.94. The summed E-state index contributed by atoms with van der Waals surface area (Å²) in [5, 5.41) is 16.1. The Hall–Kier alpha value is -2.21. The number of aryl methyl sites for hydroxylation is 1. The molecule has 0 radical (unpaired) electrons. The van der Waals surface area contributed by atoms with Crippen LogP contribution in [0.1, 0.15) is 43.4 Å². The zero-order valence-corrected chi connectivity index (χ0v) is 14.0. The van der Waals surface area contributed by atoms with Gasteiger partial charge < -0.3 is 14.9 Å². The van der Waals surface area contributed by atoms with E-state index in [0.717, 1.165) is 5.56 Å². The summed E-state index contributed by atoms with van der Waals surface area (Å²) < 4.78 is 5.09. The van der Waals surface area contributed by atoms with Crippen LogP contribution in [0, 0.1) is 12.3 Å². The van der Waals surface area contributed by atoms with Crippen molar-refractivity contribution in [2.45, 2.75) is 40.2 Å². The molecule has 0 fully saturated rings. The van der Waals surface area contributed by atoms with E-state index < -0.39 is 0 Å². The second kappa shape index (κ2) is 6.91. The average Bonchev–Trinajstić information content (AvgIpc) is 2.90. The zero-order valence-electron chi connectivity index (χ0n) is 14.0. The number of aromatic nitrogens is 2. The molecule has 1 unspecified atom stereocenters. The van der Waals surface area contributed by atoms with Crippen LogP contribution in [0.3, 0.4) is 0 Å². The quantitative estimate of drug-likeness (QED) is 0.855. The molecule has 0 bridgehead atoms. The molecule has 6 nitrogen and oxygen atoms in total. The van der Waals surface area contributed by atoms with Crippen LogP contribution in [-0.2, 0) is 0 Å². The van der Waals surface area contributed by atoms with E-state index in [1.165, 1.54) is 0 Å². The topological polar surface area (TPSA) is 88.2 Å². The first kappa shape index (κ1) is 17.1. The molecule has 2 aromatic rings. The molecule has 124 valence electrons. The number of aliphatic hydroxyl groups is 1. The molecule has 0 saturated heterocycles. The first-order chi connectivity index (χ1) is 10.8. The molecule has 1 amide bonds. The summed E-state index contributed by atoms with van der Waals surface area (Å²) in [6, 6.07) is 7.02. The summed E-state index contributed by atoms with van der Waals surface area (Å²) in [5.74, 6) is 0.867. The van der Waals surface area contributed by atoms with Crippen LogP contribution in [0.5, 0.6) is 0 Å². The zero-order chi connectivity index (χ0) is 17.0. The third-order valence-corrected chi connectivity index (χ3v) is 3.50. The van der Waals surface area contributed by atoms with Crippen molar-refractivity contribution in [2.75, 3.05) is 6.54 Å². The fraction of sp³-hybridized carbons (Fsp3) is 0.471. The summed E-state index contributed by atoms with van der Waals surface area (Å²) >= 11 is 0. The van der Waals surface area contributed by atoms with Gasteiger partial charge in [0.2, 0.25) is 0 Å². The third-order valence-electron chi connectivity index (χ3n) is 3.50. The minimum atomic E-state index is -0.390. The van der Waals surface area contributed by atoms with E-state index in [4.69, 9.17) is 4.52 Å². The summed E-state index contributed by atoms with van der Waals surface area (Å²) in [4.78, 5) is 16.4. The second-order valence-electron chi connectivity index (χ2n) is 6.62. The van der Waals surface area contributed by atoms with E-state index in [-0.39, 0.29) is 17.4 Å². The maximum absolute atomic E-state index is 12.2. The molecule has 6 heteroatoms. The Bertz CT molecular complexity index is 660. The monoisotopic (exact) mass is 317 g/mol. The minimum absolute atomic E-state index is 0.142. The molecule has 2 N–H and O–H groups in total. The van der Waals surface area contributed by atoms with Gasteiger partial charge in [-0.3, -0.25) is 4.79 Å². The molecular weight excluding hydrogens is 294 g/mol. The number of carbonyl (C=O) groups excluding carboxylic acids is 1. The van der Waals surface area contributed by atoms with Crippen molar-refractivity contribution < 1.29 is 14.4 Å². The molecule has 0 aliphatic carbocycles. The van der Waals surface area contributed by atoms with Crippen LogP contribution in [-0.4, -0.2) is 33.8 Å². The Labute approximate surface area is 135 Å². The van der Waals surface area contributed by atoms with Crippen molar-refractivity contribution in [1.82, 2.24) is 15.5 Å². The van der Waals surface area contributed by atoms with E-state index in [1.807, 2.05) is 13.8 Å². The van der Waals surface area contributed by atoms with Crippen molar-refractivity contribution in [3.8, 4) is 11.5 Å². The van der Waals surface area contributed by atoms with Gasteiger partial charge in [0, 0.05) is 17.7 Å². The Morgan fingerprint density at radius 2 is 2.00 bits per heavy atom. The van der Waals surface area contributed by atoms with Crippen molar-refractivity contribution >= 4 is 5.91 Å². The van der Waals surface area contributed by atoms with Crippen molar-refractivity contribution in [3.63, 3.8) is 0 Å². The highest BCUT2D eigenvalue weighted by atomic mass is 16.5. The number of hydrogen-bond donors (Lipinski definition) is 2. The molecule has 0 aliphatic rings. The summed E-state index contributed by atoms with van der Waals surface area (Å²) in [6.07, 6.45) is 0.238. The lowest BCUT2D eigenvalue weighted by Crippen LogP contribution is -2.35. The van der Waals surface area contributed by atoms with Gasteiger partial charge in [0.1, 0.15) is 0 Å². The number of rotatable bonds is 6. The lowest BCUT2D eigenvalue weighted by molar-refractivity contribution is 0.0902. The predicted octanol–water partition coefficient (Wildman–Crippen LogP) is 2.57. The fourth-order valence-electron chi connectivity index (χ4n) is 2.47. The van der Waals surface area contributed by atoms with Crippen LogP contribution >= 0.6 is 0 Å². The maximum Gasteiger partial charge on any atom is 0.257 e. The van der Waals surface area contributed by atoms with E-state index in [1.54, 1.807) is 38.1 Å². The van der Waals surface area contributed by atoms with Crippen LogP contribution in [0.25, 0.3) is 11.5 Å². The van der Waals surface area contributed by atoms with Gasteiger partial charge in [0.15, 0.2) is 5.82 Å². The van der Waals surface area contributed by atoms with E-state index >= 15 is 0 Å². The third kappa shape index (κ3) is 4.89. The molecule has 0 aliphatic heterocycles. The minimum Gasteiger partial charge on any atom is -0.393 e. The molecule has 0 saturated carbocycles. The molecular formula is C17H23N3O3. The van der Waals surface area contributed by atoms with Crippen LogP contribution in [0.4, 0.5) is 0 Å². The Kier molecular flexibility index (Phi) is 5.15. The van der Waals surface area contributed by atoms with Crippen LogP contribution in [0.2, 0.25) is 0 Å². The lowest BCUT2D eigenvalue weighted by atomic mass is 9.87. The number of benzene rings is 1. The van der Waals surface area contributed by atoms with Gasteiger partial charge in [-0.1, -0.05) is 19.0 Å². The predicted molar refractivity (Wildman–Crippen MR) is 86.9 cm³/mol. The number of amides is 1. The van der Waals surface area contributed by atoms with Crippen molar-refractivity contribution in [1.29, 1.82) is 0 Å². The van der Waals surface area contributed by atoms with Crippen molar-refractivity contribution in [3.05, 3.63) is 35.7 Å². The number of hydrogen-bond acceptors (Lipinski definition) is 5. The van der Waals surface area contributed by atoms with Crippen LogP contribution in [0.15, 0.2) is 28.8 Å². The fourth-order valence-corrected chi connectivity index (χ4v) is 2.47. The van der Waals surface area contributed by atoms with Gasteiger partial charge >= 0.3 is 0 Å². The number of nitrogens with zero attached hydrogens (tertiary/aromatic N) is 2. The summed E-state index contributed by atoms with van der Waals surface area (Å²) in [5.41, 5.74) is 1.18. The average molecular weight is 317 g/mol. The number of aliphatic hydroxyl groups excluding tert-OH is 1. The smallest absolute Gasteiger partial charge is 0.257 e. The largest absolute Gasteiger partial charge is 0.393 e. The SMILES string of the molecule is Cc1noc(-c2ccc(C(=O)NCC(C)(C)CC(C)O)cc2)n1. The highest BCUT2D eigenvalue weighted by Gasteiger charge is 2.21. The van der Waals surface area contributed by atoms with Crippen LogP contribution < -0.4 is 5.32 Å². The Morgan fingerprint density at radius 3 is 2.52 bits per heavy atom. The maximum atomic E-state index is 12.2. The highest BCUT2D eigenvalue weighted by Crippen LogP contribution is 2.21. The van der Waals surface area contributed by atoms with Gasteiger partial charge in [0.25, 0.3) is 11.8 Å². The van der Waals surface area contributed by atoms with Gasteiger partial charge in [-0.25, -0.2) is 0 Å². The number of nitrogens with one attached hydrogen (secondary N) is 1. The first-order valence-corrected chi connectivity index (χ1v) is 7.64. The molecule has 1 heterocycles. The number of carbonyl (C=O) groups is 1. The van der Waals surface area contributed by atoms with Gasteiger partial charge in [-0.15, -0.1) is 0 Å². The second-order valence-corrected chi connectivity index (χ2v) is 6.62. The Morgan fingerprint density at radius 1 is 1.35 bits per heavy atom. The van der Waals surface area contributed by atoms with E-state index in [2.05, 4.69) is 15.5 Å². The summed E-state index contributed by atoms with van der Waals surface area (Å²) in [6.45, 7) is 8.04. The molecule has 0 spiro atoms. The normalized spacial score (nSPS) is 12.9. The molecule has 1 aromatic carbocycles. The molecule has 1 aromatic heterocycles. The first-order valence-electron chi connectivity index (χ1n) is 7.64. The van der Waals surface area contributed by atoms with E-state index in [9.17, 15) is 9.90 Å². The molecule has 1 atom stereocenters. The standard InChI is InChI=1S/C17H23N3O3/c1-11(21)9-17(3,4)10-18-15(22)13-5-7-14(8-6-13)16-19-12(2)20-23-16/h5-8,11,21H,9-10H2,1-4H3,(H,18,22). The lowest BCUT2D eigenvalue weighted by Gasteiger charge is -2.26. The van der Waals surface area contributed by atoms with E-state index in [0.29, 0.717) is 30.2 Å². The van der Waals surface area contributed by atoms with Gasteiger partial charge in [-0.05, 0) is 49.9 Å². The Balaban J connectivity index is 1.98. The molecule has 23 heavy (non-hydrogen) atoms.